The van der Waals surface area contributed by atoms with E-state index < -0.39 is 0 Å². The lowest BCUT2D eigenvalue weighted by Gasteiger charge is -2.08. The zero-order chi connectivity index (χ0) is 13.1. The SMILES string of the molecule is CCc1cc(-c2noc(CN)n2)c(OC)cc1F. The summed E-state index contributed by atoms with van der Waals surface area (Å²) in [6.45, 7) is 2.04. The van der Waals surface area contributed by atoms with E-state index in [1.54, 1.807) is 6.07 Å². The van der Waals surface area contributed by atoms with Gasteiger partial charge in [0.15, 0.2) is 0 Å². The van der Waals surface area contributed by atoms with Crippen molar-refractivity contribution >= 4 is 0 Å². The summed E-state index contributed by atoms with van der Waals surface area (Å²) in [6.07, 6.45) is 0.574. The summed E-state index contributed by atoms with van der Waals surface area (Å²) in [5.74, 6) is 0.742. The molecule has 0 spiro atoms. The van der Waals surface area contributed by atoms with E-state index in [2.05, 4.69) is 10.1 Å². The number of nitrogens with zero attached hydrogens (tertiary/aromatic N) is 2. The minimum Gasteiger partial charge on any atom is -0.496 e. The van der Waals surface area contributed by atoms with Crippen molar-refractivity contribution in [2.24, 2.45) is 5.73 Å². The molecule has 2 N–H and O–H groups in total. The van der Waals surface area contributed by atoms with Crippen LogP contribution in [-0.2, 0) is 13.0 Å². The zero-order valence-corrected chi connectivity index (χ0v) is 10.2. The van der Waals surface area contributed by atoms with E-state index in [9.17, 15) is 4.39 Å². The second-order valence-corrected chi connectivity index (χ2v) is 3.71. The molecule has 1 aromatic carbocycles. The summed E-state index contributed by atoms with van der Waals surface area (Å²) in [7, 11) is 1.47. The van der Waals surface area contributed by atoms with Gasteiger partial charge in [0.1, 0.15) is 11.6 Å². The van der Waals surface area contributed by atoms with E-state index in [4.69, 9.17) is 15.0 Å². The maximum atomic E-state index is 13.6. The summed E-state index contributed by atoms with van der Waals surface area (Å²) in [5.41, 5.74) is 6.57. The molecule has 0 radical (unpaired) electrons. The first-order chi connectivity index (χ1) is 8.69. The maximum Gasteiger partial charge on any atom is 0.240 e. The van der Waals surface area contributed by atoms with Crippen LogP contribution in [0, 0.1) is 5.82 Å². The quantitative estimate of drug-likeness (QED) is 0.898. The first kappa shape index (κ1) is 12.5. The highest BCUT2D eigenvalue weighted by Crippen LogP contribution is 2.30. The minimum atomic E-state index is -0.305. The fraction of sp³-hybridized carbons (Fsp3) is 0.333. The van der Waals surface area contributed by atoms with Crippen molar-refractivity contribution in [1.29, 1.82) is 0 Å². The summed E-state index contributed by atoms with van der Waals surface area (Å²) < 4.78 is 23.7. The number of hydrogen-bond acceptors (Lipinski definition) is 5. The van der Waals surface area contributed by atoms with Crippen LogP contribution in [-0.4, -0.2) is 17.3 Å². The molecule has 0 saturated heterocycles. The molecule has 1 aromatic heterocycles. The molecule has 2 aromatic rings. The number of methoxy groups -OCH3 is 1. The number of rotatable bonds is 4. The third-order valence-corrected chi connectivity index (χ3v) is 2.63. The van der Waals surface area contributed by atoms with E-state index in [0.717, 1.165) is 0 Å². The molecule has 0 aliphatic heterocycles. The van der Waals surface area contributed by atoms with Crippen molar-refractivity contribution in [3.63, 3.8) is 0 Å². The second kappa shape index (κ2) is 5.14. The van der Waals surface area contributed by atoms with Crippen LogP contribution in [0.25, 0.3) is 11.4 Å². The number of aromatic nitrogens is 2. The summed E-state index contributed by atoms with van der Waals surface area (Å²) >= 11 is 0. The highest BCUT2D eigenvalue weighted by molar-refractivity contribution is 5.65. The van der Waals surface area contributed by atoms with Crippen molar-refractivity contribution in [1.82, 2.24) is 10.1 Å². The lowest BCUT2D eigenvalue weighted by molar-refractivity contribution is 0.379. The van der Waals surface area contributed by atoms with Crippen LogP contribution >= 0.6 is 0 Å². The zero-order valence-electron chi connectivity index (χ0n) is 10.2. The molecule has 0 aliphatic rings. The van der Waals surface area contributed by atoms with Crippen molar-refractivity contribution in [2.45, 2.75) is 19.9 Å². The summed E-state index contributed by atoms with van der Waals surface area (Å²) in [5, 5.41) is 3.80. The molecule has 1 heterocycles. The number of hydrogen-bond donors (Lipinski definition) is 1. The van der Waals surface area contributed by atoms with Gasteiger partial charge in [0.2, 0.25) is 11.7 Å². The molecule has 0 atom stereocenters. The number of aryl methyl sites for hydroxylation is 1. The Morgan fingerprint density at radius 1 is 1.44 bits per heavy atom. The molecule has 5 nitrogen and oxygen atoms in total. The summed E-state index contributed by atoms with van der Waals surface area (Å²) in [6, 6.07) is 2.99. The van der Waals surface area contributed by atoms with Crippen LogP contribution in [0.2, 0.25) is 0 Å². The van der Waals surface area contributed by atoms with E-state index in [1.165, 1.54) is 13.2 Å². The number of benzene rings is 1. The molecular weight excluding hydrogens is 237 g/mol. The highest BCUT2D eigenvalue weighted by Gasteiger charge is 2.16. The Labute approximate surface area is 104 Å². The molecule has 96 valence electrons. The molecule has 6 heteroatoms. The molecular formula is C12H14FN3O2. The van der Waals surface area contributed by atoms with Crippen molar-refractivity contribution < 1.29 is 13.7 Å². The van der Waals surface area contributed by atoms with Gasteiger partial charge in [-0.2, -0.15) is 4.98 Å². The third kappa shape index (κ3) is 2.19. The molecule has 18 heavy (non-hydrogen) atoms. The van der Waals surface area contributed by atoms with Gasteiger partial charge in [-0.05, 0) is 18.1 Å². The van der Waals surface area contributed by atoms with E-state index >= 15 is 0 Å². The van der Waals surface area contributed by atoms with Crippen molar-refractivity contribution in [3.8, 4) is 17.1 Å². The van der Waals surface area contributed by atoms with Crippen LogP contribution in [0.15, 0.2) is 16.7 Å². The Morgan fingerprint density at radius 2 is 2.22 bits per heavy atom. The Bertz CT molecular complexity index is 554. The lowest BCUT2D eigenvalue weighted by atomic mass is 10.1. The van der Waals surface area contributed by atoms with Crippen molar-refractivity contribution in [2.75, 3.05) is 7.11 Å². The monoisotopic (exact) mass is 251 g/mol. The van der Waals surface area contributed by atoms with Crippen LogP contribution in [0.5, 0.6) is 5.75 Å². The average Bonchev–Trinajstić information content (AvgIpc) is 2.87. The number of ether oxygens (including phenoxy) is 1. The molecule has 0 fully saturated rings. The van der Waals surface area contributed by atoms with Gasteiger partial charge >= 0.3 is 0 Å². The minimum absolute atomic E-state index is 0.164. The Kier molecular flexibility index (Phi) is 3.57. The summed E-state index contributed by atoms with van der Waals surface area (Å²) in [4.78, 5) is 4.11. The normalized spacial score (nSPS) is 10.7. The largest absolute Gasteiger partial charge is 0.496 e. The highest BCUT2D eigenvalue weighted by atomic mass is 19.1. The predicted molar refractivity (Wildman–Crippen MR) is 63.5 cm³/mol. The molecule has 0 saturated carbocycles. The number of halogens is 1. The average molecular weight is 251 g/mol. The molecule has 0 amide bonds. The smallest absolute Gasteiger partial charge is 0.240 e. The molecule has 0 aliphatic carbocycles. The molecule has 0 unspecified atom stereocenters. The molecule has 2 rings (SSSR count). The van der Waals surface area contributed by atoms with Gasteiger partial charge in [-0.3, -0.25) is 0 Å². The standard InChI is InChI=1S/C12H14FN3O2/c1-3-7-4-8(10(17-2)5-9(7)13)12-15-11(6-14)18-16-12/h4-5H,3,6,14H2,1-2H3. The van der Waals surface area contributed by atoms with Crippen molar-refractivity contribution in [3.05, 3.63) is 29.4 Å². The third-order valence-electron chi connectivity index (χ3n) is 2.63. The van der Waals surface area contributed by atoms with Crippen LogP contribution in [0.3, 0.4) is 0 Å². The van der Waals surface area contributed by atoms with Gasteiger partial charge < -0.3 is 15.0 Å². The Hall–Kier alpha value is -1.95. The van der Waals surface area contributed by atoms with E-state index in [1.807, 2.05) is 6.92 Å². The topological polar surface area (TPSA) is 74.2 Å². The van der Waals surface area contributed by atoms with E-state index in [-0.39, 0.29) is 12.4 Å². The second-order valence-electron chi connectivity index (χ2n) is 3.71. The predicted octanol–water partition coefficient (Wildman–Crippen LogP) is 1.91. The Morgan fingerprint density at radius 3 is 2.78 bits per heavy atom. The number of nitrogens with two attached hydrogens (primary N) is 1. The van der Waals surface area contributed by atoms with Gasteiger partial charge in [0, 0.05) is 6.07 Å². The van der Waals surface area contributed by atoms with Crippen LogP contribution in [0.4, 0.5) is 4.39 Å². The van der Waals surface area contributed by atoms with Crippen LogP contribution < -0.4 is 10.5 Å². The van der Waals surface area contributed by atoms with Gasteiger partial charge in [0.05, 0.1) is 19.2 Å². The van der Waals surface area contributed by atoms with Crippen LogP contribution in [0.1, 0.15) is 18.4 Å². The lowest BCUT2D eigenvalue weighted by Crippen LogP contribution is -1.97. The van der Waals surface area contributed by atoms with Gasteiger partial charge in [-0.25, -0.2) is 4.39 Å². The fourth-order valence-electron chi connectivity index (χ4n) is 1.66. The first-order valence-electron chi connectivity index (χ1n) is 5.59. The fourth-order valence-corrected chi connectivity index (χ4v) is 1.66. The van der Waals surface area contributed by atoms with Gasteiger partial charge in [-0.15, -0.1) is 0 Å². The Balaban J connectivity index is 2.54. The van der Waals surface area contributed by atoms with Gasteiger partial charge in [0.25, 0.3) is 0 Å². The van der Waals surface area contributed by atoms with Gasteiger partial charge in [-0.1, -0.05) is 12.1 Å². The maximum absolute atomic E-state index is 13.6. The van der Waals surface area contributed by atoms with E-state index in [0.29, 0.717) is 35.0 Å². The first-order valence-corrected chi connectivity index (χ1v) is 5.59. The molecule has 0 bridgehead atoms.